The Labute approximate surface area is 146 Å². The summed E-state index contributed by atoms with van der Waals surface area (Å²) in [5, 5.41) is 1.96. The van der Waals surface area contributed by atoms with E-state index in [1.165, 1.54) is 5.69 Å². The first kappa shape index (κ1) is 15.6. The molecule has 2 aromatic carbocycles. The minimum atomic E-state index is -0.424. The predicted octanol–water partition coefficient (Wildman–Crippen LogP) is 2.84. The van der Waals surface area contributed by atoms with Gasteiger partial charge in [0.1, 0.15) is 0 Å². The highest BCUT2D eigenvalue weighted by Crippen LogP contribution is 2.30. The van der Waals surface area contributed by atoms with E-state index >= 15 is 0 Å². The van der Waals surface area contributed by atoms with Crippen molar-refractivity contribution in [3.05, 3.63) is 60.4 Å². The van der Waals surface area contributed by atoms with E-state index in [9.17, 15) is 4.79 Å². The van der Waals surface area contributed by atoms with Gasteiger partial charge in [-0.25, -0.2) is 0 Å². The molecule has 1 aliphatic heterocycles. The number of aromatic nitrogens is 1. The second kappa shape index (κ2) is 6.53. The SMILES string of the molecule is NC(=O)c1ccc2cncc(-c3ccc(N4CCOCC4)cc3)c2c1. The number of carbonyl (C=O) groups excluding carboxylic acids is 1. The lowest BCUT2D eigenvalue weighted by Gasteiger charge is -2.29. The number of morpholine rings is 1. The molecule has 2 heterocycles. The first-order valence-electron chi connectivity index (χ1n) is 8.33. The minimum Gasteiger partial charge on any atom is -0.378 e. The molecule has 0 unspecified atom stereocenters. The van der Waals surface area contributed by atoms with Crippen molar-refractivity contribution in [2.24, 2.45) is 5.73 Å². The van der Waals surface area contributed by atoms with Crippen molar-refractivity contribution in [2.45, 2.75) is 0 Å². The van der Waals surface area contributed by atoms with Gasteiger partial charge in [0.2, 0.25) is 5.91 Å². The Morgan fingerprint density at radius 2 is 1.80 bits per heavy atom. The van der Waals surface area contributed by atoms with E-state index in [0.717, 1.165) is 48.2 Å². The second-order valence-corrected chi connectivity index (χ2v) is 6.13. The number of primary amides is 1. The molecule has 1 fully saturated rings. The fourth-order valence-electron chi connectivity index (χ4n) is 3.22. The van der Waals surface area contributed by atoms with Crippen LogP contribution in [0.5, 0.6) is 0 Å². The number of rotatable bonds is 3. The van der Waals surface area contributed by atoms with Gasteiger partial charge in [0.25, 0.3) is 0 Å². The normalized spacial score (nSPS) is 14.6. The summed E-state index contributed by atoms with van der Waals surface area (Å²) in [5.74, 6) is -0.424. The lowest BCUT2D eigenvalue weighted by atomic mass is 9.99. The van der Waals surface area contributed by atoms with Gasteiger partial charge in [-0.1, -0.05) is 18.2 Å². The lowest BCUT2D eigenvalue weighted by molar-refractivity contribution is 0.100. The quantitative estimate of drug-likeness (QED) is 0.800. The number of carbonyl (C=O) groups is 1. The lowest BCUT2D eigenvalue weighted by Crippen LogP contribution is -2.36. The highest BCUT2D eigenvalue weighted by molar-refractivity contribution is 6.02. The predicted molar refractivity (Wildman–Crippen MR) is 98.7 cm³/mol. The maximum Gasteiger partial charge on any atom is 0.248 e. The third-order valence-corrected chi connectivity index (χ3v) is 4.60. The number of hydrogen-bond acceptors (Lipinski definition) is 4. The van der Waals surface area contributed by atoms with Gasteiger partial charge in [0, 0.05) is 47.7 Å². The monoisotopic (exact) mass is 333 g/mol. The summed E-state index contributed by atoms with van der Waals surface area (Å²) in [4.78, 5) is 18.2. The van der Waals surface area contributed by atoms with Crippen LogP contribution in [0.1, 0.15) is 10.4 Å². The van der Waals surface area contributed by atoms with Crippen LogP contribution in [0.25, 0.3) is 21.9 Å². The second-order valence-electron chi connectivity index (χ2n) is 6.13. The molecule has 0 saturated carbocycles. The molecule has 4 rings (SSSR count). The number of amides is 1. The molecule has 5 nitrogen and oxygen atoms in total. The maximum absolute atomic E-state index is 11.5. The van der Waals surface area contributed by atoms with Crippen LogP contribution < -0.4 is 10.6 Å². The molecule has 25 heavy (non-hydrogen) atoms. The molecule has 3 aromatic rings. The number of hydrogen-bond donors (Lipinski definition) is 1. The zero-order valence-electron chi connectivity index (χ0n) is 13.8. The van der Waals surface area contributed by atoms with Crippen LogP contribution in [0, 0.1) is 0 Å². The Balaban J connectivity index is 1.73. The van der Waals surface area contributed by atoms with Gasteiger partial charge in [-0.2, -0.15) is 0 Å². The Kier molecular flexibility index (Phi) is 4.07. The third kappa shape index (κ3) is 3.06. The summed E-state index contributed by atoms with van der Waals surface area (Å²) in [6.07, 6.45) is 3.63. The van der Waals surface area contributed by atoms with Gasteiger partial charge in [-0.05, 0) is 35.2 Å². The molecule has 0 radical (unpaired) electrons. The first-order chi connectivity index (χ1) is 12.2. The summed E-state index contributed by atoms with van der Waals surface area (Å²) in [6, 6.07) is 13.9. The van der Waals surface area contributed by atoms with Gasteiger partial charge in [0.15, 0.2) is 0 Å². The van der Waals surface area contributed by atoms with Crippen LogP contribution in [-0.2, 0) is 4.74 Å². The van der Waals surface area contributed by atoms with Crippen molar-refractivity contribution in [2.75, 3.05) is 31.2 Å². The van der Waals surface area contributed by atoms with Gasteiger partial charge < -0.3 is 15.4 Å². The highest BCUT2D eigenvalue weighted by Gasteiger charge is 2.12. The third-order valence-electron chi connectivity index (χ3n) is 4.60. The number of nitrogens with zero attached hydrogens (tertiary/aromatic N) is 2. The molecule has 0 atom stereocenters. The topological polar surface area (TPSA) is 68.5 Å². The van der Waals surface area contributed by atoms with Crippen molar-refractivity contribution in [1.29, 1.82) is 0 Å². The average molecular weight is 333 g/mol. The number of benzene rings is 2. The van der Waals surface area contributed by atoms with Crippen molar-refractivity contribution in [3.63, 3.8) is 0 Å². The van der Waals surface area contributed by atoms with E-state index in [1.807, 2.05) is 18.3 Å². The van der Waals surface area contributed by atoms with E-state index < -0.39 is 5.91 Å². The Morgan fingerprint density at radius 1 is 1.04 bits per heavy atom. The molecule has 0 spiro atoms. The Hall–Kier alpha value is -2.92. The number of nitrogens with two attached hydrogens (primary N) is 1. The number of fused-ring (bicyclic) bond motifs is 1. The summed E-state index contributed by atoms with van der Waals surface area (Å²) < 4.78 is 5.41. The van der Waals surface area contributed by atoms with Crippen LogP contribution in [-0.4, -0.2) is 37.2 Å². The van der Waals surface area contributed by atoms with Crippen LogP contribution in [0.2, 0.25) is 0 Å². The Bertz CT molecular complexity index is 916. The van der Waals surface area contributed by atoms with Crippen molar-refractivity contribution in [1.82, 2.24) is 4.98 Å². The molecular weight excluding hydrogens is 314 g/mol. The van der Waals surface area contributed by atoms with E-state index in [0.29, 0.717) is 5.56 Å². The Morgan fingerprint density at radius 3 is 2.52 bits per heavy atom. The van der Waals surface area contributed by atoms with Crippen molar-refractivity contribution >= 4 is 22.4 Å². The zero-order chi connectivity index (χ0) is 17.2. The molecule has 0 aliphatic carbocycles. The smallest absolute Gasteiger partial charge is 0.248 e. The van der Waals surface area contributed by atoms with Crippen LogP contribution in [0.3, 0.4) is 0 Å². The molecule has 1 aliphatic rings. The highest BCUT2D eigenvalue weighted by atomic mass is 16.5. The van der Waals surface area contributed by atoms with Crippen LogP contribution in [0.4, 0.5) is 5.69 Å². The van der Waals surface area contributed by atoms with E-state index in [-0.39, 0.29) is 0 Å². The fourth-order valence-corrected chi connectivity index (χ4v) is 3.22. The van der Waals surface area contributed by atoms with Crippen molar-refractivity contribution < 1.29 is 9.53 Å². The molecular formula is C20H19N3O2. The first-order valence-corrected chi connectivity index (χ1v) is 8.33. The number of anilines is 1. The standard InChI is InChI=1S/C20H19N3O2/c21-20(24)15-1-2-16-12-22-13-19(18(16)11-15)14-3-5-17(6-4-14)23-7-9-25-10-8-23/h1-6,11-13H,7-10H2,(H2,21,24). The molecule has 5 heteroatoms. The van der Waals surface area contributed by atoms with Gasteiger partial charge in [-0.3, -0.25) is 9.78 Å². The summed E-state index contributed by atoms with van der Waals surface area (Å²) in [7, 11) is 0. The molecule has 126 valence electrons. The van der Waals surface area contributed by atoms with E-state index in [4.69, 9.17) is 10.5 Å². The number of ether oxygens (including phenoxy) is 1. The molecule has 1 amide bonds. The van der Waals surface area contributed by atoms with Gasteiger partial charge in [0.05, 0.1) is 13.2 Å². The summed E-state index contributed by atoms with van der Waals surface area (Å²) in [5.41, 5.74) is 9.18. The van der Waals surface area contributed by atoms with Crippen LogP contribution in [0.15, 0.2) is 54.9 Å². The maximum atomic E-state index is 11.5. The van der Waals surface area contributed by atoms with Crippen LogP contribution >= 0.6 is 0 Å². The van der Waals surface area contributed by atoms with Gasteiger partial charge in [-0.15, -0.1) is 0 Å². The summed E-state index contributed by atoms with van der Waals surface area (Å²) in [6.45, 7) is 3.37. The number of pyridine rings is 1. The summed E-state index contributed by atoms with van der Waals surface area (Å²) >= 11 is 0. The molecule has 2 N–H and O–H groups in total. The fraction of sp³-hybridized carbons (Fsp3) is 0.200. The van der Waals surface area contributed by atoms with E-state index in [1.54, 1.807) is 12.3 Å². The molecule has 1 saturated heterocycles. The zero-order valence-corrected chi connectivity index (χ0v) is 13.8. The average Bonchev–Trinajstić information content (AvgIpc) is 2.68. The minimum absolute atomic E-state index is 0.424. The van der Waals surface area contributed by atoms with Crippen molar-refractivity contribution in [3.8, 4) is 11.1 Å². The molecule has 0 bridgehead atoms. The molecule has 1 aromatic heterocycles. The van der Waals surface area contributed by atoms with E-state index in [2.05, 4.69) is 34.1 Å². The largest absolute Gasteiger partial charge is 0.378 e. The van der Waals surface area contributed by atoms with Gasteiger partial charge >= 0.3 is 0 Å².